The molecular formula is C37H39ClN2O4+2. The fourth-order valence-electron chi connectivity index (χ4n) is 6.93. The summed E-state index contributed by atoms with van der Waals surface area (Å²) in [5, 5.41) is 5.33. The molecule has 44 heavy (non-hydrogen) atoms. The molecule has 7 heteroatoms. The van der Waals surface area contributed by atoms with Crippen molar-refractivity contribution in [2.24, 2.45) is 0 Å². The first-order valence-electron chi connectivity index (χ1n) is 14.5. The number of hydrogen-bond acceptors (Lipinski definition) is 4. The number of hydrogen-bond donors (Lipinski definition) is 1. The Morgan fingerprint density at radius 1 is 0.682 bits per heavy atom. The molecular weight excluding hydrogens is 572 g/mol. The first kappa shape index (κ1) is 31.6. The maximum absolute atomic E-state index is 8.60. The van der Waals surface area contributed by atoms with Crippen LogP contribution in [0.1, 0.15) is 30.9 Å². The van der Waals surface area contributed by atoms with Crippen LogP contribution in [-0.2, 0) is 0 Å². The molecule has 2 aliphatic heterocycles. The summed E-state index contributed by atoms with van der Waals surface area (Å²) in [5.74, 6) is 0.379. The Morgan fingerprint density at radius 3 is 1.86 bits per heavy atom. The maximum Gasteiger partial charge on any atom is 0.145 e. The molecule has 2 aliphatic rings. The molecule has 2 heterocycles. The molecule has 0 radical (unpaired) electrons. The van der Waals surface area contributed by atoms with Gasteiger partial charge in [0.1, 0.15) is 22.8 Å². The van der Waals surface area contributed by atoms with Crippen LogP contribution in [0.4, 0.5) is 11.4 Å². The second-order valence-electron chi connectivity index (χ2n) is 12.2. The minimum absolute atomic E-state index is 0.379. The fraction of sp³-hybridized carbons (Fsp3) is 0.189. The van der Waals surface area contributed by atoms with Crippen molar-refractivity contribution in [2.75, 3.05) is 28.2 Å². The smallest absolute Gasteiger partial charge is 0.145 e. The lowest BCUT2D eigenvalue weighted by atomic mass is 9.94. The van der Waals surface area contributed by atoms with Gasteiger partial charge in [0, 0.05) is 23.3 Å². The van der Waals surface area contributed by atoms with E-state index >= 15 is 0 Å². The highest BCUT2D eigenvalue weighted by molar-refractivity contribution is 6.02. The van der Waals surface area contributed by atoms with Gasteiger partial charge in [-0.25, -0.2) is 0 Å². The van der Waals surface area contributed by atoms with E-state index in [2.05, 4.69) is 157 Å². The monoisotopic (exact) mass is 610 g/mol. The summed E-state index contributed by atoms with van der Waals surface area (Å²) >= 11 is 0. The summed E-state index contributed by atoms with van der Waals surface area (Å²) in [6, 6.07) is 26.6. The molecule has 0 bridgehead atoms. The van der Waals surface area contributed by atoms with Crippen LogP contribution in [0, 0.1) is 10.2 Å². The van der Waals surface area contributed by atoms with Gasteiger partial charge in [-0.05, 0) is 59.7 Å². The Kier molecular flexibility index (Phi) is 8.55. The van der Waals surface area contributed by atoms with Gasteiger partial charge in [0.2, 0.25) is 0 Å². The van der Waals surface area contributed by atoms with Crippen LogP contribution < -0.4 is 22.9 Å². The quantitative estimate of drug-likeness (QED) is 0.257. The standard InChI is InChI=1S/C37H38N2.ClHO4/c1-26-32(38(3,4)34-24-22-28-16-12-14-18-30(28)36(26)34)20-10-8-7-9-11-21-33-27(2)37-31-19-15-13-17-29(31)23-25-35(37)39(33,5)6;2-1(3,4)5/h7-26H,1-6H3;(H,2,3,4,5)/q+2;. The van der Waals surface area contributed by atoms with E-state index in [4.69, 9.17) is 18.6 Å². The lowest BCUT2D eigenvalue weighted by Gasteiger charge is -2.26. The highest BCUT2D eigenvalue weighted by Gasteiger charge is 2.42. The third-order valence-corrected chi connectivity index (χ3v) is 8.91. The van der Waals surface area contributed by atoms with E-state index in [9.17, 15) is 0 Å². The largest absolute Gasteiger partial charge is 0.266 e. The molecule has 6 rings (SSSR count). The van der Waals surface area contributed by atoms with E-state index in [-0.39, 0.29) is 0 Å². The molecule has 0 aliphatic carbocycles. The van der Waals surface area contributed by atoms with Crippen molar-refractivity contribution < 1.29 is 28.9 Å². The van der Waals surface area contributed by atoms with Gasteiger partial charge in [0.25, 0.3) is 0 Å². The van der Waals surface area contributed by atoms with Crippen LogP contribution >= 0.6 is 0 Å². The summed E-state index contributed by atoms with van der Waals surface area (Å²) in [6.07, 6.45) is 15.3. The molecule has 0 saturated carbocycles. The van der Waals surface area contributed by atoms with Gasteiger partial charge in [0.15, 0.2) is 0 Å². The van der Waals surface area contributed by atoms with Gasteiger partial charge in [-0.15, -0.1) is 0 Å². The van der Waals surface area contributed by atoms with Gasteiger partial charge in [-0.2, -0.15) is 14.0 Å². The number of rotatable bonds is 4. The molecule has 1 atom stereocenters. The number of halogens is 1. The molecule has 0 fully saturated rings. The molecule has 1 N–H and O–H groups in total. The first-order chi connectivity index (χ1) is 20.7. The number of nitrogens with zero attached hydrogens (tertiary/aromatic N) is 2. The average Bonchev–Trinajstić information content (AvgIpc) is 3.29. The zero-order valence-electron chi connectivity index (χ0n) is 26.0. The van der Waals surface area contributed by atoms with Gasteiger partial charge < -0.3 is 0 Å². The average molecular weight is 611 g/mol. The molecule has 0 amide bonds. The maximum atomic E-state index is 8.60. The third kappa shape index (κ3) is 5.94. The van der Waals surface area contributed by atoms with Crippen LogP contribution in [0.2, 0.25) is 0 Å². The second-order valence-corrected chi connectivity index (χ2v) is 12.9. The molecule has 1 unspecified atom stereocenters. The van der Waals surface area contributed by atoms with E-state index < -0.39 is 10.2 Å². The van der Waals surface area contributed by atoms with Crippen molar-refractivity contribution >= 4 is 38.5 Å². The first-order valence-corrected chi connectivity index (χ1v) is 15.8. The van der Waals surface area contributed by atoms with Crippen LogP contribution in [0.5, 0.6) is 0 Å². The van der Waals surface area contributed by atoms with Crippen LogP contribution in [0.25, 0.3) is 27.1 Å². The van der Waals surface area contributed by atoms with E-state index in [1.807, 2.05) is 0 Å². The SMILES string of the molecule is CC1=C(C=CC=CC=CC=C2C(C)c3c(ccc4ccccc34)[N+]2(C)C)[N+](C)(C)c2ccc3ccccc3c21.[O-][Cl+3]([O-])([O-])O. The Bertz CT molecular complexity index is 1890. The van der Waals surface area contributed by atoms with Crippen LogP contribution in [-0.4, -0.2) is 32.8 Å². The molecule has 226 valence electrons. The van der Waals surface area contributed by atoms with Crippen LogP contribution in [0.3, 0.4) is 0 Å². The Labute approximate surface area is 261 Å². The summed E-state index contributed by atoms with van der Waals surface area (Å²) in [5.41, 5.74) is 9.72. The lowest BCUT2D eigenvalue weighted by molar-refractivity contribution is -1.92. The number of benzene rings is 4. The van der Waals surface area contributed by atoms with E-state index in [0.29, 0.717) is 5.92 Å². The zero-order valence-corrected chi connectivity index (χ0v) is 26.7. The van der Waals surface area contributed by atoms with Crippen molar-refractivity contribution in [3.05, 3.63) is 138 Å². The van der Waals surface area contributed by atoms with Crippen molar-refractivity contribution in [1.29, 1.82) is 0 Å². The summed E-state index contributed by atoms with van der Waals surface area (Å²) in [7, 11) is 4.47. The van der Waals surface area contributed by atoms with Crippen molar-refractivity contribution in [3.63, 3.8) is 0 Å². The Balaban J connectivity index is 0.000000712. The third-order valence-electron chi connectivity index (χ3n) is 8.91. The van der Waals surface area contributed by atoms with E-state index in [0.717, 1.165) is 8.97 Å². The fourth-order valence-corrected chi connectivity index (χ4v) is 6.93. The summed E-state index contributed by atoms with van der Waals surface area (Å²) < 4.78 is 34.3. The highest BCUT2D eigenvalue weighted by atomic mass is 35.7. The zero-order chi connectivity index (χ0) is 31.9. The summed E-state index contributed by atoms with van der Waals surface area (Å²) in [6.45, 7) is 4.60. The molecule has 6 nitrogen and oxygen atoms in total. The molecule has 4 aromatic carbocycles. The predicted molar refractivity (Wildman–Crippen MR) is 174 cm³/mol. The molecule has 0 saturated heterocycles. The molecule has 4 aromatic rings. The van der Waals surface area contributed by atoms with Gasteiger partial charge >= 0.3 is 0 Å². The van der Waals surface area contributed by atoms with Crippen LogP contribution in [0.15, 0.2) is 127 Å². The number of quaternary nitrogens is 2. The predicted octanol–water partition coefficient (Wildman–Crippen LogP) is 5.12. The lowest BCUT2D eigenvalue weighted by Crippen LogP contribution is -2.58. The molecule has 0 aromatic heterocycles. The number of likely N-dealkylation sites (N-methyl/N-ethyl adjacent to an activating group) is 2. The highest BCUT2D eigenvalue weighted by Crippen LogP contribution is 2.50. The van der Waals surface area contributed by atoms with Gasteiger partial charge in [-0.1, -0.05) is 78.9 Å². The minimum Gasteiger partial charge on any atom is -0.266 e. The van der Waals surface area contributed by atoms with Crippen molar-refractivity contribution in [1.82, 2.24) is 8.97 Å². The Morgan fingerprint density at radius 2 is 1.20 bits per heavy atom. The van der Waals surface area contributed by atoms with E-state index in [1.54, 1.807) is 0 Å². The van der Waals surface area contributed by atoms with Crippen molar-refractivity contribution in [3.8, 4) is 0 Å². The summed E-state index contributed by atoms with van der Waals surface area (Å²) in [4.78, 5) is 0. The number of allylic oxidation sites excluding steroid dienone is 9. The van der Waals surface area contributed by atoms with Crippen molar-refractivity contribution in [2.45, 2.75) is 19.8 Å². The second kappa shape index (κ2) is 11.9. The van der Waals surface area contributed by atoms with Gasteiger partial charge in [-0.3, -0.25) is 8.97 Å². The molecule has 0 spiro atoms. The normalized spacial score (nSPS) is 19.9. The van der Waals surface area contributed by atoms with Gasteiger partial charge in [0.05, 0.1) is 54.6 Å². The number of fused-ring (bicyclic) bond motifs is 6. The van der Waals surface area contributed by atoms with E-state index in [1.165, 1.54) is 61.0 Å². The Hall–Kier alpha value is -3.85. The minimum atomic E-state index is -4.69. The topological polar surface area (TPSA) is 89.4 Å².